The second-order valence-corrected chi connectivity index (χ2v) is 6.25. The minimum atomic E-state index is 0.307. The predicted octanol–water partition coefficient (Wildman–Crippen LogP) is 3.93. The van der Waals surface area contributed by atoms with E-state index < -0.39 is 0 Å². The molecule has 1 unspecified atom stereocenters. The van der Waals surface area contributed by atoms with Gasteiger partial charge in [0.1, 0.15) is 5.78 Å². The molecule has 1 nitrogen and oxygen atoms in total. The summed E-state index contributed by atoms with van der Waals surface area (Å²) in [5.41, 5.74) is 0. The molecule has 0 aromatic rings. The maximum atomic E-state index is 10.2. The summed E-state index contributed by atoms with van der Waals surface area (Å²) in [5.74, 6) is 1.67. The highest BCUT2D eigenvalue weighted by Crippen LogP contribution is 2.36. The summed E-state index contributed by atoms with van der Waals surface area (Å²) in [5, 5.41) is 0.926. The fraction of sp³-hybridized carbons (Fsp3) is 0.900. The van der Waals surface area contributed by atoms with Crippen LogP contribution in [0.1, 0.15) is 46.5 Å². The van der Waals surface area contributed by atoms with Crippen molar-refractivity contribution in [2.45, 2.75) is 51.7 Å². The lowest BCUT2D eigenvalue weighted by atomic mass is 10.2. The number of carbonyl (C=O) groups excluding carboxylic acids is 1. The smallest absolute Gasteiger partial charge is 0.129 e. The van der Waals surface area contributed by atoms with Gasteiger partial charge >= 0.3 is 0 Å². The van der Waals surface area contributed by atoms with Gasteiger partial charge in [-0.2, -0.15) is 0 Å². The van der Waals surface area contributed by atoms with Crippen molar-refractivity contribution in [1.29, 1.82) is 0 Å². The normalized spacial score (nSPS) is 20.7. The molecule has 1 saturated heterocycles. The van der Waals surface area contributed by atoms with Crippen LogP contribution in [0.15, 0.2) is 0 Å². The Hall–Kier alpha value is 0.370. The lowest BCUT2D eigenvalue weighted by molar-refractivity contribution is -0.117. The Labute approximate surface area is 89.8 Å². The van der Waals surface area contributed by atoms with Crippen LogP contribution in [-0.4, -0.2) is 16.8 Å². The van der Waals surface area contributed by atoms with E-state index in [0.717, 1.165) is 24.5 Å². The van der Waals surface area contributed by atoms with Gasteiger partial charge < -0.3 is 4.79 Å². The van der Waals surface area contributed by atoms with Crippen LogP contribution in [0.25, 0.3) is 0 Å². The standard InChI is InChI=1S/C6H12O.C4H8S2/c1-3-4-5-6(2)7;1-4-2-3-5-6-4/h3-5H2,1-2H3;4H,2-3H2,1H3. The van der Waals surface area contributed by atoms with Crippen LogP contribution in [-0.2, 0) is 4.79 Å². The van der Waals surface area contributed by atoms with Gasteiger partial charge in [-0.25, -0.2) is 0 Å². The lowest BCUT2D eigenvalue weighted by Crippen LogP contribution is -1.86. The number of ketones is 1. The Morgan fingerprint density at radius 1 is 1.54 bits per heavy atom. The topological polar surface area (TPSA) is 17.1 Å². The van der Waals surface area contributed by atoms with Crippen LogP contribution >= 0.6 is 21.6 Å². The van der Waals surface area contributed by atoms with Crippen LogP contribution in [0.5, 0.6) is 0 Å². The molecule has 1 aliphatic heterocycles. The molecule has 0 spiro atoms. The Balaban J connectivity index is 0.000000223. The van der Waals surface area contributed by atoms with Gasteiger partial charge in [0.05, 0.1) is 0 Å². The van der Waals surface area contributed by atoms with Crippen LogP contribution in [0.2, 0.25) is 0 Å². The van der Waals surface area contributed by atoms with Gasteiger partial charge in [-0.1, -0.05) is 41.9 Å². The van der Waals surface area contributed by atoms with Crippen molar-refractivity contribution in [2.75, 3.05) is 5.75 Å². The second-order valence-electron chi connectivity index (χ2n) is 3.32. The van der Waals surface area contributed by atoms with E-state index in [1.165, 1.54) is 12.2 Å². The van der Waals surface area contributed by atoms with Gasteiger partial charge in [-0.05, 0) is 19.8 Å². The molecule has 1 rings (SSSR count). The van der Waals surface area contributed by atoms with Gasteiger partial charge in [0.25, 0.3) is 0 Å². The quantitative estimate of drug-likeness (QED) is 0.671. The fourth-order valence-corrected chi connectivity index (χ4v) is 3.56. The molecule has 0 aromatic carbocycles. The maximum Gasteiger partial charge on any atom is 0.129 e. The van der Waals surface area contributed by atoms with Crippen molar-refractivity contribution in [1.82, 2.24) is 0 Å². The van der Waals surface area contributed by atoms with Crippen LogP contribution in [0.3, 0.4) is 0 Å². The second kappa shape index (κ2) is 8.95. The molecule has 0 saturated carbocycles. The molecule has 13 heavy (non-hydrogen) atoms. The molecule has 0 N–H and O–H groups in total. The number of carbonyl (C=O) groups is 1. The maximum absolute atomic E-state index is 10.2. The number of rotatable bonds is 3. The molecule has 3 heteroatoms. The molecular weight excluding hydrogens is 200 g/mol. The van der Waals surface area contributed by atoms with E-state index in [4.69, 9.17) is 0 Å². The lowest BCUT2D eigenvalue weighted by Gasteiger charge is -1.89. The van der Waals surface area contributed by atoms with Crippen molar-refractivity contribution in [3.8, 4) is 0 Å². The minimum Gasteiger partial charge on any atom is -0.300 e. The highest BCUT2D eigenvalue weighted by molar-refractivity contribution is 8.77. The SMILES string of the molecule is CC1CCSS1.CCCCC(C)=O. The van der Waals surface area contributed by atoms with Crippen LogP contribution in [0.4, 0.5) is 0 Å². The van der Waals surface area contributed by atoms with E-state index in [0.29, 0.717) is 5.78 Å². The summed E-state index contributed by atoms with van der Waals surface area (Å²) in [4.78, 5) is 10.2. The molecule has 0 aliphatic carbocycles. The zero-order chi connectivity index (χ0) is 10.1. The largest absolute Gasteiger partial charge is 0.300 e. The summed E-state index contributed by atoms with van der Waals surface area (Å²) in [6.45, 7) is 6.00. The van der Waals surface area contributed by atoms with Crippen molar-refractivity contribution in [3.05, 3.63) is 0 Å². The van der Waals surface area contributed by atoms with Gasteiger partial charge in [-0.3, -0.25) is 0 Å². The first-order chi connectivity index (χ1) is 6.16. The van der Waals surface area contributed by atoms with E-state index in [2.05, 4.69) is 13.8 Å². The van der Waals surface area contributed by atoms with Crippen molar-refractivity contribution >= 4 is 27.4 Å². The summed E-state index contributed by atoms with van der Waals surface area (Å²) in [6.07, 6.45) is 4.35. The highest BCUT2D eigenvalue weighted by Gasteiger charge is 2.08. The summed E-state index contributed by atoms with van der Waals surface area (Å²) >= 11 is 0. The third-order valence-electron chi connectivity index (χ3n) is 1.72. The summed E-state index contributed by atoms with van der Waals surface area (Å²) in [7, 11) is 4.01. The number of hydrogen-bond acceptors (Lipinski definition) is 3. The molecule has 0 aromatic heterocycles. The fourth-order valence-electron chi connectivity index (χ4n) is 0.852. The molecule has 0 radical (unpaired) electrons. The number of unbranched alkanes of at least 4 members (excludes halogenated alkanes) is 1. The zero-order valence-electron chi connectivity index (χ0n) is 8.84. The first kappa shape index (κ1) is 13.4. The molecule has 1 aliphatic rings. The van der Waals surface area contributed by atoms with Gasteiger partial charge in [0.2, 0.25) is 0 Å². The Morgan fingerprint density at radius 3 is 2.38 bits per heavy atom. The molecule has 0 bridgehead atoms. The third kappa shape index (κ3) is 10.3. The van der Waals surface area contributed by atoms with E-state index in [9.17, 15) is 4.79 Å². The summed E-state index contributed by atoms with van der Waals surface area (Å²) in [6, 6.07) is 0. The van der Waals surface area contributed by atoms with Crippen LogP contribution in [0, 0.1) is 0 Å². The van der Waals surface area contributed by atoms with E-state index in [1.807, 2.05) is 21.6 Å². The molecule has 78 valence electrons. The molecule has 1 atom stereocenters. The number of hydrogen-bond donors (Lipinski definition) is 0. The number of Topliss-reactive ketones (excluding diaryl/α,β-unsaturated/α-hetero) is 1. The average Bonchev–Trinajstić information content (AvgIpc) is 2.53. The monoisotopic (exact) mass is 220 g/mol. The van der Waals surface area contributed by atoms with E-state index >= 15 is 0 Å². The van der Waals surface area contributed by atoms with Gasteiger partial charge in [0, 0.05) is 17.4 Å². The van der Waals surface area contributed by atoms with Crippen molar-refractivity contribution in [2.24, 2.45) is 0 Å². The molecule has 1 fully saturated rings. The van der Waals surface area contributed by atoms with Gasteiger partial charge in [0.15, 0.2) is 0 Å². The average molecular weight is 220 g/mol. The highest BCUT2D eigenvalue weighted by atomic mass is 33.1. The predicted molar refractivity (Wildman–Crippen MR) is 64.3 cm³/mol. The molecular formula is C10H20OS2. The Morgan fingerprint density at radius 2 is 2.23 bits per heavy atom. The first-order valence-electron chi connectivity index (χ1n) is 4.94. The molecule has 0 amide bonds. The van der Waals surface area contributed by atoms with Crippen LogP contribution < -0.4 is 0 Å². The Kier molecular flexibility index (Phi) is 9.20. The minimum absolute atomic E-state index is 0.307. The van der Waals surface area contributed by atoms with E-state index in [1.54, 1.807) is 6.92 Å². The van der Waals surface area contributed by atoms with E-state index in [-0.39, 0.29) is 0 Å². The zero-order valence-corrected chi connectivity index (χ0v) is 10.5. The van der Waals surface area contributed by atoms with Gasteiger partial charge in [-0.15, -0.1) is 0 Å². The summed E-state index contributed by atoms with van der Waals surface area (Å²) < 4.78 is 0. The van der Waals surface area contributed by atoms with Crippen molar-refractivity contribution in [3.63, 3.8) is 0 Å². The molecule has 1 heterocycles. The Bertz CT molecular complexity index is 131. The third-order valence-corrected chi connectivity index (χ3v) is 4.72. The van der Waals surface area contributed by atoms with Crippen molar-refractivity contribution < 1.29 is 4.79 Å². The first-order valence-corrected chi connectivity index (χ1v) is 7.32.